The summed E-state index contributed by atoms with van der Waals surface area (Å²) in [5.74, 6) is -1.85. The fraction of sp³-hybridized carbons (Fsp3) is 0.500. The van der Waals surface area contributed by atoms with Crippen LogP contribution in [0.15, 0.2) is 35.9 Å². The van der Waals surface area contributed by atoms with Crippen molar-refractivity contribution < 1.29 is 18.7 Å². The summed E-state index contributed by atoms with van der Waals surface area (Å²) in [6.07, 6.45) is 7.55. The Morgan fingerprint density at radius 1 is 1.19 bits per heavy atom. The van der Waals surface area contributed by atoms with Crippen LogP contribution in [0.5, 0.6) is 0 Å². The lowest BCUT2D eigenvalue weighted by atomic mass is 9.95. The topological polar surface area (TPSA) is 67.4 Å². The third-order valence-electron chi connectivity index (χ3n) is 4.80. The van der Waals surface area contributed by atoms with E-state index in [1.54, 1.807) is 25.1 Å². The molecule has 1 atom stereocenters. The number of hydrogen-bond acceptors (Lipinski definition) is 3. The first kappa shape index (κ1) is 20.1. The van der Waals surface area contributed by atoms with Gasteiger partial charge in [-0.25, -0.2) is 4.39 Å². The molecule has 2 amide bonds. The Morgan fingerprint density at radius 3 is 2.58 bits per heavy atom. The molecule has 0 heterocycles. The molecular weight excluding hydrogens is 335 g/mol. The molecule has 2 rings (SSSR count). The van der Waals surface area contributed by atoms with Gasteiger partial charge in [-0.15, -0.1) is 0 Å². The Balaban J connectivity index is 1.83. The lowest BCUT2D eigenvalue weighted by Gasteiger charge is -2.29. The normalized spacial score (nSPS) is 16.3. The van der Waals surface area contributed by atoms with E-state index in [1.807, 2.05) is 0 Å². The largest absolute Gasteiger partial charge is 0.372 e. The number of rotatable bonds is 7. The molecule has 0 spiro atoms. The van der Waals surface area contributed by atoms with Gasteiger partial charge in [0.15, 0.2) is 0 Å². The van der Waals surface area contributed by atoms with E-state index >= 15 is 0 Å². The monoisotopic (exact) mass is 362 g/mol. The molecule has 2 N–H and O–H groups in total. The van der Waals surface area contributed by atoms with Crippen LogP contribution in [0.3, 0.4) is 0 Å². The zero-order valence-corrected chi connectivity index (χ0v) is 15.4. The highest BCUT2D eigenvalue weighted by molar-refractivity contribution is 6.35. The summed E-state index contributed by atoms with van der Waals surface area (Å²) in [6.45, 7) is 2.09. The second-order valence-corrected chi connectivity index (χ2v) is 6.71. The Labute approximate surface area is 154 Å². The summed E-state index contributed by atoms with van der Waals surface area (Å²) in [5.41, 5.74) is 0.602. The number of halogens is 1. The van der Waals surface area contributed by atoms with Gasteiger partial charge in [0, 0.05) is 19.2 Å². The molecule has 1 aromatic rings. The van der Waals surface area contributed by atoms with Crippen LogP contribution in [0.1, 0.15) is 44.6 Å². The van der Waals surface area contributed by atoms with Crippen LogP contribution < -0.4 is 10.6 Å². The van der Waals surface area contributed by atoms with Gasteiger partial charge < -0.3 is 15.4 Å². The molecule has 0 bridgehead atoms. The molecule has 0 aromatic heterocycles. The van der Waals surface area contributed by atoms with Gasteiger partial charge in [0.2, 0.25) is 0 Å². The quantitative estimate of drug-likeness (QED) is 0.579. The van der Waals surface area contributed by atoms with E-state index in [0.717, 1.165) is 19.3 Å². The molecule has 0 fully saturated rings. The minimum absolute atomic E-state index is 0.0121. The minimum Gasteiger partial charge on any atom is -0.372 e. The van der Waals surface area contributed by atoms with Crippen molar-refractivity contribution in [3.63, 3.8) is 0 Å². The highest BCUT2D eigenvalue weighted by Gasteiger charge is 2.30. The van der Waals surface area contributed by atoms with Gasteiger partial charge in [0.05, 0.1) is 6.54 Å². The van der Waals surface area contributed by atoms with E-state index in [4.69, 9.17) is 4.74 Å². The van der Waals surface area contributed by atoms with Gasteiger partial charge in [0.1, 0.15) is 11.4 Å². The minimum atomic E-state index is -1.06. The van der Waals surface area contributed by atoms with Crippen molar-refractivity contribution in [3.05, 3.63) is 47.3 Å². The zero-order chi connectivity index (χ0) is 19.0. The van der Waals surface area contributed by atoms with Gasteiger partial charge in [-0.1, -0.05) is 29.8 Å². The average Bonchev–Trinajstić information content (AvgIpc) is 2.67. The lowest BCUT2D eigenvalue weighted by molar-refractivity contribution is -0.140. The smallest absolute Gasteiger partial charge is 0.309 e. The van der Waals surface area contributed by atoms with Gasteiger partial charge >= 0.3 is 11.8 Å². The predicted octanol–water partition coefficient (Wildman–Crippen LogP) is 2.81. The van der Waals surface area contributed by atoms with Gasteiger partial charge in [-0.2, -0.15) is 0 Å². The van der Waals surface area contributed by atoms with Crippen LogP contribution >= 0.6 is 0 Å². The predicted molar refractivity (Wildman–Crippen MR) is 97.9 cm³/mol. The first-order valence-corrected chi connectivity index (χ1v) is 9.00. The van der Waals surface area contributed by atoms with E-state index in [1.165, 1.54) is 31.6 Å². The van der Waals surface area contributed by atoms with Gasteiger partial charge in [0.25, 0.3) is 0 Å². The Kier molecular flexibility index (Phi) is 7.33. The SMILES string of the molecule is CO[C@](C)(CNC(=O)C(=O)NCCC1=CCCCC1)c1ccccc1F. The van der Waals surface area contributed by atoms with Crippen LogP contribution in [0, 0.1) is 5.82 Å². The number of carbonyl (C=O) groups is 2. The number of hydrogen-bond donors (Lipinski definition) is 2. The summed E-state index contributed by atoms with van der Waals surface area (Å²) in [7, 11) is 1.44. The molecule has 142 valence electrons. The molecule has 0 aliphatic heterocycles. The van der Waals surface area contributed by atoms with Crippen LogP contribution in [-0.2, 0) is 19.9 Å². The number of methoxy groups -OCH3 is 1. The van der Waals surface area contributed by atoms with E-state index in [0.29, 0.717) is 12.1 Å². The standard InChI is InChI=1S/C20H27FN2O3/c1-20(26-2,16-10-6-7-11-17(16)21)14-23-19(25)18(24)22-13-12-15-8-4-3-5-9-15/h6-8,10-11H,3-5,9,12-14H2,1-2H3,(H,22,24)(H,23,25)/t20-/m1/s1. The highest BCUT2D eigenvalue weighted by Crippen LogP contribution is 2.26. The third-order valence-corrected chi connectivity index (χ3v) is 4.80. The van der Waals surface area contributed by atoms with Crippen molar-refractivity contribution in [1.82, 2.24) is 10.6 Å². The molecule has 1 aliphatic rings. The molecular formula is C20H27FN2O3. The number of allylic oxidation sites excluding steroid dienone is 1. The second-order valence-electron chi connectivity index (χ2n) is 6.71. The molecule has 0 saturated heterocycles. The third kappa shape index (κ3) is 5.39. The van der Waals surface area contributed by atoms with Crippen molar-refractivity contribution in [1.29, 1.82) is 0 Å². The maximum atomic E-state index is 14.0. The molecule has 1 aromatic carbocycles. The first-order valence-electron chi connectivity index (χ1n) is 9.00. The summed E-state index contributed by atoms with van der Waals surface area (Å²) in [6, 6.07) is 6.22. The molecule has 1 aliphatic carbocycles. The summed E-state index contributed by atoms with van der Waals surface area (Å²) < 4.78 is 19.4. The fourth-order valence-electron chi connectivity index (χ4n) is 3.05. The molecule has 0 saturated carbocycles. The van der Waals surface area contributed by atoms with Crippen molar-refractivity contribution in [2.45, 2.75) is 44.6 Å². The molecule has 0 unspecified atom stereocenters. The zero-order valence-electron chi connectivity index (χ0n) is 15.4. The molecule has 0 radical (unpaired) electrons. The molecule has 5 nitrogen and oxygen atoms in total. The fourth-order valence-corrected chi connectivity index (χ4v) is 3.05. The van der Waals surface area contributed by atoms with Crippen LogP contribution in [-0.4, -0.2) is 32.0 Å². The number of ether oxygens (including phenoxy) is 1. The Hall–Kier alpha value is -2.21. The Bertz CT molecular complexity index is 675. The second kappa shape index (κ2) is 9.48. The van der Waals surface area contributed by atoms with Crippen molar-refractivity contribution in [2.24, 2.45) is 0 Å². The lowest BCUT2D eigenvalue weighted by Crippen LogP contribution is -2.46. The van der Waals surface area contributed by atoms with E-state index in [9.17, 15) is 14.0 Å². The summed E-state index contributed by atoms with van der Waals surface area (Å²) >= 11 is 0. The average molecular weight is 362 g/mol. The van der Waals surface area contributed by atoms with Crippen molar-refractivity contribution >= 4 is 11.8 Å². The number of amides is 2. The maximum Gasteiger partial charge on any atom is 0.309 e. The van der Waals surface area contributed by atoms with E-state index < -0.39 is 23.2 Å². The summed E-state index contributed by atoms with van der Waals surface area (Å²) in [5, 5.41) is 5.16. The van der Waals surface area contributed by atoms with Crippen molar-refractivity contribution in [2.75, 3.05) is 20.2 Å². The maximum absolute atomic E-state index is 14.0. The highest BCUT2D eigenvalue weighted by atomic mass is 19.1. The van der Waals surface area contributed by atoms with Crippen LogP contribution in [0.2, 0.25) is 0 Å². The van der Waals surface area contributed by atoms with Crippen LogP contribution in [0.25, 0.3) is 0 Å². The molecule has 26 heavy (non-hydrogen) atoms. The van der Waals surface area contributed by atoms with Gasteiger partial charge in [-0.05, 0) is 45.1 Å². The van der Waals surface area contributed by atoms with Gasteiger partial charge in [-0.3, -0.25) is 9.59 Å². The molecule has 6 heteroatoms. The number of nitrogens with one attached hydrogen (secondary N) is 2. The first-order chi connectivity index (χ1) is 12.5. The Morgan fingerprint density at radius 2 is 1.92 bits per heavy atom. The van der Waals surface area contributed by atoms with Crippen LogP contribution in [0.4, 0.5) is 4.39 Å². The van der Waals surface area contributed by atoms with E-state index in [2.05, 4.69) is 16.7 Å². The number of carbonyl (C=O) groups excluding carboxylic acids is 2. The number of benzene rings is 1. The summed E-state index contributed by atoms with van der Waals surface area (Å²) in [4.78, 5) is 24.0. The van der Waals surface area contributed by atoms with Crippen molar-refractivity contribution in [3.8, 4) is 0 Å². The van der Waals surface area contributed by atoms with E-state index in [-0.39, 0.29) is 6.54 Å².